The Kier molecular flexibility index (Phi) is 1.66. The molecule has 0 bridgehead atoms. The zero-order valence-corrected chi connectivity index (χ0v) is 5.83. The van der Waals surface area contributed by atoms with Gasteiger partial charge < -0.3 is 5.32 Å². The molecule has 0 aromatic rings. The average molecular weight is 117 g/mol. The maximum atomic E-state index is 3.35. The van der Waals surface area contributed by atoms with E-state index in [0.717, 1.165) is 5.66 Å². The molecule has 7 heavy (non-hydrogen) atoms. The first kappa shape index (κ1) is 5.53. The van der Waals surface area contributed by atoms with Gasteiger partial charge in [0.15, 0.2) is 0 Å². The quantitative estimate of drug-likeness (QED) is 0.467. The highest BCUT2D eigenvalue weighted by molar-refractivity contribution is 7.57. The summed E-state index contributed by atoms with van der Waals surface area (Å²) >= 11 is 0. The molecule has 1 rings (SSSR count). The van der Waals surface area contributed by atoms with Crippen LogP contribution in [0.25, 0.3) is 0 Å². The van der Waals surface area contributed by atoms with Crippen LogP contribution in [0.15, 0.2) is 0 Å². The number of hydrogen-bond acceptors (Lipinski definition) is 1. The molecule has 1 aliphatic rings. The summed E-state index contributed by atoms with van der Waals surface area (Å²) < 4.78 is 0. The third-order valence-corrected chi connectivity index (χ3v) is 3.96. The van der Waals surface area contributed by atoms with Gasteiger partial charge in [0.2, 0.25) is 0 Å². The van der Waals surface area contributed by atoms with Gasteiger partial charge in [-0.25, -0.2) is 0 Å². The van der Waals surface area contributed by atoms with E-state index in [0.29, 0.717) is 7.92 Å². The highest BCUT2D eigenvalue weighted by Gasteiger charge is 2.16. The van der Waals surface area contributed by atoms with Gasteiger partial charge in [-0.05, 0) is 12.3 Å². The van der Waals surface area contributed by atoms with Gasteiger partial charge in [-0.3, -0.25) is 0 Å². The molecule has 0 spiro atoms. The van der Waals surface area contributed by atoms with Gasteiger partial charge in [0.05, 0.1) is 0 Å². The second-order valence-corrected chi connectivity index (χ2v) is 4.93. The summed E-state index contributed by atoms with van der Waals surface area (Å²) in [4.78, 5) is 0. The van der Waals surface area contributed by atoms with Crippen molar-refractivity contribution in [1.29, 1.82) is 0 Å². The molecule has 1 fully saturated rings. The Morgan fingerprint density at radius 3 is 2.57 bits per heavy atom. The van der Waals surface area contributed by atoms with E-state index in [1.54, 1.807) is 0 Å². The van der Waals surface area contributed by atoms with E-state index in [9.17, 15) is 0 Å². The molecule has 1 saturated heterocycles. The molecule has 2 unspecified atom stereocenters. The lowest BCUT2D eigenvalue weighted by Crippen LogP contribution is -2.09. The van der Waals surface area contributed by atoms with Crippen LogP contribution in [0, 0.1) is 0 Å². The van der Waals surface area contributed by atoms with Crippen LogP contribution in [-0.4, -0.2) is 25.2 Å². The Morgan fingerprint density at radius 1 is 1.71 bits per heavy atom. The Bertz CT molecular complexity index is 57.1. The van der Waals surface area contributed by atoms with Crippen LogP contribution in [0.3, 0.4) is 0 Å². The van der Waals surface area contributed by atoms with Gasteiger partial charge in [0, 0.05) is 12.8 Å². The van der Waals surface area contributed by atoms with Crippen LogP contribution in [0.1, 0.15) is 6.92 Å². The maximum absolute atomic E-state index is 3.35. The zero-order valence-electron chi connectivity index (χ0n) is 4.94. The van der Waals surface area contributed by atoms with Crippen molar-refractivity contribution in [2.75, 3.05) is 19.5 Å². The van der Waals surface area contributed by atoms with E-state index < -0.39 is 0 Å². The predicted molar refractivity (Wildman–Crippen MR) is 35.2 cm³/mol. The molecular weight excluding hydrogens is 105 g/mol. The van der Waals surface area contributed by atoms with Crippen LogP contribution in [0.5, 0.6) is 0 Å². The highest BCUT2D eigenvalue weighted by atomic mass is 31.1. The Hall–Kier alpha value is 0.390. The number of rotatable bonds is 0. The summed E-state index contributed by atoms with van der Waals surface area (Å²) in [5.74, 6) is 0. The van der Waals surface area contributed by atoms with Crippen molar-refractivity contribution in [3.8, 4) is 0 Å². The van der Waals surface area contributed by atoms with E-state index in [-0.39, 0.29) is 0 Å². The molecule has 0 aromatic heterocycles. The van der Waals surface area contributed by atoms with Crippen LogP contribution >= 0.6 is 7.92 Å². The monoisotopic (exact) mass is 117 g/mol. The fourth-order valence-corrected chi connectivity index (χ4v) is 2.00. The van der Waals surface area contributed by atoms with Gasteiger partial charge >= 0.3 is 0 Å². The smallest absolute Gasteiger partial charge is 0.0156 e. The molecule has 0 aliphatic carbocycles. The van der Waals surface area contributed by atoms with Gasteiger partial charge in [0.25, 0.3) is 0 Å². The SMILES string of the molecule is CC1CNCP1C. The molecule has 0 radical (unpaired) electrons. The van der Waals surface area contributed by atoms with E-state index in [1.165, 1.54) is 12.8 Å². The van der Waals surface area contributed by atoms with Crippen molar-refractivity contribution < 1.29 is 0 Å². The van der Waals surface area contributed by atoms with Gasteiger partial charge in [-0.1, -0.05) is 14.8 Å². The van der Waals surface area contributed by atoms with Gasteiger partial charge in [-0.2, -0.15) is 0 Å². The van der Waals surface area contributed by atoms with Gasteiger partial charge in [0.1, 0.15) is 0 Å². The zero-order chi connectivity index (χ0) is 5.28. The average Bonchev–Trinajstić information content (AvgIpc) is 1.91. The molecule has 2 atom stereocenters. The number of nitrogens with one attached hydrogen (secondary N) is 1. The Morgan fingerprint density at radius 2 is 2.43 bits per heavy atom. The molecule has 42 valence electrons. The van der Waals surface area contributed by atoms with Crippen molar-refractivity contribution in [2.45, 2.75) is 12.6 Å². The third-order valence-electron chi connectivity index (χ3n) is 1.55. The maximum Gasteiger partial charge on any atom is 0.0156 e. The molecule has 1 N–H and O–H groups in total. The Labute approximate surface area is 46.2 Å². The molecular formula is C5H12NP. The molecule has 1 aliphatic heterocycles. The fraction of sp³-hybridized carbons (Fsp3) is 1.00. The summed E-state index contributed by atoms with van der Waals surface area (Å²) in [5.41, 5.74) is 0.968. The van der Waals surface area contributed by atoms with Crippen molar-refractivity contribution >= 4 is 7.92 Å². The van der Waals surface area contributed by atoms with Crippen LogP contribution < -0.4 is 5.32 Å². The second-order valence-electron chi connectivity index (χ2n) is 2.22. The summed E-state index contributed by atoms with van der Waals surface area (Å²) in [5, 5.41) is 3.35. The predicted octanol–water partition coefficient (Wildman–Crippen LogP) is 1.05. The lowest BCUT2D eigenvalue weighted by Gasteiger charge is -2.04. The van der Waals surface area contributed by atoms with E-state index >= 15 is 0 Å². The van der Waals surface area contributed by atoms with Crippen molar-refractivity contribution in [3.63, 3.8) is 0 Å². The lowest BCUT2D eigenvalue weighted by molar-refractivity contribution is 0.813. The summed E-state index contributed by atoms with van der Waals surface area (Å²) in [6.45, 7) is 5.94. The van der Waals surface area contributed by atoms with Crippen LogP contribution in [0.2, 0.25) is 0 Å². The first-order valence-corrected chi connectivity index (χ1v) is 4.76. The molecule has 1 nitrogen and oxygen atoms in total. The molecule has 1 heterocycles. The van der Waals surface area contributed by atoms with Crippen molar-refractivity contribution in [3.05, 3.63) is 0 Å². The highest BCUT2D eigenvalue weighted by Crippen LogP contribution is 2.38. The topological polar surface area (TPSA) is 12.0 Å². The summed E-state index contributed by atoms with van der Waals surface area (Å²) in [7, 11) is 0.363. The molecule has 2 heteroatoms. The molecule has 0 saturated carbocycles. The molecule has 0 amide bonds. The van der Waals surface area contributed by atoms with Crippen molar-refractivity contribution in [2.24, 2.45) is 0 Å². The standard InChI is InChI=1S/C5H12NP/c1-5-3-6-4-7(5)2/h5-6H,3-4H2,1-2H3. The molecule has 0 aromatic carbocycles. The Balaban J connectivity index is 2.33. The number of hydrogen-bond donors (Lipinski definition) is 1. The minimum atomic E-state index is 0.363. The normalized spacial score (nSPS) is 42.0. The van der Waals surface area contributed by atoms with Crippen molar-refractivity contribution in [1.82, 2.24) is 5.32 Å². The first-order chi connectivity index (χ1) is 3.30. The lowest BCUT2D eigenvalue weighted by atomic mass is 10.5. The van der Waals surface area contributed by atoms with E-state index in [1.807, 2.05) is 0 Å². The third kappa shape index (κ3) is 1.14. The van der Waals surface area contributed by atoms with Crippen LogP contribution in [0.4, 0.5) is 0 Å². The second kappa shape index (κ2) is 2.11. The van der Waals surface area contributed by atoms with Crippen LogP contribution in [-0.2, 0) is 0 Å². The minimum Gasteiger partial charge on any atom is -0.312 e. The summed E-state index contributed by atoms with van der Waals surface area (Å²) in [6, 6.07) is 0. The van der Waals surface area contributed by atoms with E-state index in [4.69, 9.17) is 0 Å². The first-order valence-electron chi connectivity index (χ1n) is 2.71. The van der Waals surface area contributed by atoms with E-state index in [2.05, 4.69) is 18.9 Å². The summed E-state index contributed by atoms with van der Waals surface area (Å²) in [6.07, 6.45) is 1.29. The largest absolute Gasteiger partial charge is 0.312 e. The van der Waals surface area contributed by atoms with Gasteiger partial charge in [-0.15, -0.1) is 0 Å². The minimum absolute atomic E-state index is 0.363. The fourth-order valence-electron chi connectivity index (χ4n) is 0.761.